The van der Waals surface area contributed by atoms with E-state index in [2.05, 4.69) is 0 Å². The zero-order chi connectivity index (χ0) is 11.4. The van der Waals surface area contributed by atoms with Gasteiger partial charge < -0.3 is 9.47 Å². The van der Waals surface area contributed by atoms with Crippen LogP contribution in [0.25, 0.3) is 0 Å². The molecule has 0 heterocycles. The first-order valence-corrected chi connectivity index (χ1v) is 5.57. The first-order chi connectivity index (χ1) is 7.83. The maximum atomic E-state index is 10.7. The van der Waals surface area contributed by atoms with Crippen molar-refractivity contribution >= 4 is 6.29 Å². The molecule has 16 heavy (non-hydrogen) atoms. The minimum atomic E-state index is 0.393. The highest BCUT2D eigenvalue weighted by molar-refractivity contribution is 5.75. The van der Waals surface area contributed by atoms with Gasteiger partial charge in [0.2, 0.25) is 0 Å². The van der Waals surface area contributed by atoms with Crippen LogP contribution in [0.4, 0.5) is 0 Å². The summed E-state index contributed by atoms with van der Waals surface area (Å²) in [6.07, 6.45) is 4.79. The van der Waals surface area contributed by atoms with Gasteiger partial charge in [-0.3, -0.25) is 4.79 Å². The lowest BCUT2D eigenvalue weighted by Gasteiger charge is -2.25. The predicted octanol–water partition coefficient (Wildman–Crippen LogP) is 2.58. The van der Waals surface area contributed by atoms with E-state index in [9.17, 15) is 4.79 Å². The average Bonchev–Trinajstić information content (AvgIpc) is 2.26. The number of hydrogen-bond acceptors (Lipinski definition) is 3. The van der Waals surface area contributed by atoms with Gasteiger partial charge in [0.1, 0.15) is 12.0 Å². The third kappa shape index (κ3) is 2.42. The Morgan fingerprint density at radius 3 is 2.81 bits per heavy atom. The standard InChI is InChI=1S/C13H16O3/c1-15-13-6-5-10(8-14)7-11(13)9-16-12-3-2-4-12/h5-8,12H,2-4,9H2,1H3. The second-order valence-electron chi connectivity index (χ2n) is 4.05. The van der Waals surface area contributed by atoms with E-state index < -0.39 is 0 Å². The normalized spacial score (nSPS) is 15.6. The highest BCUT2D eigenvalue weighted by atomic mass is 16.5. The minimum Gasteiger partial charge on any atom is -0.496 e. The van der Waals surface area contributed by atoms with E-state index in [-0.39, 0.29) is 0 Å². The van der Waals surface area contributed by atoms with Crippen molar-refractivity contribution in [2.75, 3.05) is 7.11 Å². The fraction of sp³-hybridized carbons (Fsp3) is 0.462. The molecule has 3 nitrogen and oxygen atoms in total. The van der Waals surface area contributed by atoms with Crippen LogP contribution in [-0.2, 0) is 11.3 Å². The van der Waals surface area contributed by atoms with Gasteiger partial charge in [-0.2, -0.15) is 0 Å². The van der Waals surface area contributed by atoms with Crippen molar-refractivity contribution in [1.29, 1.82) is 0 Å². The van der Waals surface area contributed by atoms with E-state index in [1.165, 1.54) is 6.42 Å². The number of carbonyl (C=O) groups excluding carboxylic acids is 1. The molecular formula is C13H16O3. The van der Waals surface area contributed by atoms with Crippen LogP contribution >= 0.6 is 0 Å². The van der Waals surface area contributed by atoms with Gasteiger partial charge in [0.05, 0.1) is 19.8 Å². The van der Waals surface area contributed by atoms with E-state index >= 15 is 0 Å². The highest BCUT2D eigenvalue weighted by Gasteiger charge is 2.18. The van der Waals surface area contributed by atoms with Crippen LogP contribution in [0.2, 0.25) is 0 Å². The van der Waals surface area contributed by atoms with Crippen LogP contribution in [0, 0.1) is 0 Å². The molecule has 1 saturated carbocycles. The molecule has 3 heteroatoms. The summed E-state index contributed by atoms with van der Waals surface area (Å²) in [5.74, 6) is 0.782. The molecule has 1 aromatic rings. The number of rotatable bonds is 5. The SMILES string of the molecule is COc1ccc(C=O)cc1COC1CCC1. The number of carbonyl (C=O) groups is 1. The Kier molecular flexibility index (Phi) is 3.57. The van der Waals surface area contributed by atoms with Crippen molar-refractivity contribution in [2.24, 2.45) is 0 Å². The summed E-state index contributed by atoms with van der Waals surface area (Å²) in [6, 6.07) is 5.38. The molecule has 0 unspecified atom stereocenters. The molecule has 1 fully saturated rings. The Labute approximate surface area is 95.4 Å². The lowest BCUT2D eigenvalue weighted by atomic mass is 9.96. The molecular weight excluding hydrogens is 204 g/mol. The Balaban J connectivity index is 2.06. The van der Waals surface area contributed by atoms with Crippen LogP contribution in [0.3, 0.4) is 0 Å². The smallest absolute Gasteiger partial charge is 0.150 e. The summed E-state index contributed by atoms with van der Waals surface area (Å²) < 4.78 is 10.9. The van der Waals surface area contributed by atoms with Crippen molar-refractivity contribution in [3.05, 3.63) is 29.3 Å². The topological polar surface area (TPSA) is 35.5 Å². The molecule has 0 bridgehead atoms. The average molecular weight is 220 g/mol. The van der Waals surface area contributed by atoms with Gasteiger partial charge in [0, 0.05) is 11.1 Å². The van der Waals surface area contributed by atoms with E-state index in [4.69, 9.17) is 9.47 Å². The van der Waals surface area contributed by atoms with Crippen molar-refractivity contribution < 1.29 is 14.3 Å². The summed E-state index contributed by atoms with van der Waals surface area (Å²) >= 11 is 0. The van der Waals surface area contributed by atoms with Gasteiger partial charge in [-0.1, -0.05) is 0 Å². The minimum absolute atomic E-state index is 0.393. The van der Waals surface area contributed by atoms with Crippen molar-refractivity contribution in [2.45, 2.75) is 32.0 Å². The third-order valence-corrected chi connectivity index (χ3v) is 2.97. The Hall–Kier alpha value is -1.35. The monoisotopic (exact) mass is 220 g/mol. The molecule has 0 radical (unpaired) electrons. The largest absolute Gasteiger partial charge is 0.496 e. The fourth-order valence-electron chi connectivity index (χ4n) is 1.73. The molecule has 0 atom stereocenters. The van der Waals surface area contributed by atoms with Gasteiger partial charge in [0.15, 0.2) is 0 Å². The molecule has 0 N–H and O–H groups in total. The molecule has 1 aliphatic rings. The summed E-state index contributed by atoms with van der Waals surface area (Å²) in [6.45, 7) is 0.523. The zero-order valence-electron chi connectivity index (χ0n) is 9.44. The number of methoxy groups -OCH3 is 1. The highest BCUT2D eigenvalue weighted by Crippen LogP contribution is 2.26. The van der Waals surface area contributed by atoms with E-state index in [0.717, 1.165) is 30.4 Å². The van der Waals surface area contributed by atoms with Crippen molar-refractivity contribution in [3.8, 4) is 5.75 Å². The van der Waals surface area contributed by atoms with Gasteiger partial charge in [-0.25, -0.2) is 0 Å². The molecule has 86 valence electrons. The lowest BCUT2D eigenvalue weighted by molar-refractivity contribution is -0.00934. The predicted molar refractivity (Wildman–Crippen MR) is 60.8 cm³/mol. The lowest BCUT2D eigenvalue weighted by Crippen LogP contribution is -2.21. The van der Waals surface area contributed by atoms with Gasteiger partial charge in [0.25, 0.3) is 0 Å². The van der Waals surface area contributed by atoms with Crippen LogP contribution in [-0.4, -0.2) is 19.5 Å². The number of ether oxygens (including phenoxy) is 2. The van der Waals surface area contributed by atoms with Gasteiger partial charge >= 0.3 is 0 Å². The molecule has 0 aromatic heterocycles. The molecule has 2 rings (SSSR count). The molecule has 1 aliphatic carbocycles. The Morgan fingerprint density at radius 1 is 1.44 bits per heavy atom. The molecule has 0 spiro atoms. The second-order valence-corrected chi connectivity index (χ2v) is 4.05. The van der Waals surface area contributed by atoms with Crippen LogP contribution in [0.1, 0.15) is 35.2 Å². The van der Waals surface area contributed by atoms with Crippen LogP contribution in [0.15, 0.2) is 18.2 Å². The first-order valence-electron chi connectivity index (χ1n) is 5.57. The number of aldehydes is 1. The molecule has 0 aliphatic heterocycles. The number of benzene rings is 1. The van der Waals surface area contributed by atoms with Crippen molar-refractivity contribution in [1.82, 2.24) is 0 Å². The van der Waals surface area contributed by atoms with Crippen molar-refractivity contribution in [3.63, 3.8) is 0 Å². The molecule has 0 amide bonds. The Bertz CT molecular complexity index is 369. The zero-order valence-corrected chi connectivity index (χ0v) is 9.44. The van der Waals surface area contributed by atoms with Gasteiger partial charge in [-0.05, 0) is 37.5 Å². The van der Waals surface area contributed by atoms with E-state index in [1.54, 1.807) is 13.2 Å². The maximum absolute atomic E-state index is 10.7. The molecule has 1 aromatic carbocycles. The van der Waals surface area contributed by atoms with E-state index in [1.807, 2.05) is 12.1 Å². The maximum Gasteiger partial charge on any atom is 0.150 e. The quantitative estimate of drug-likeness (QED) is 0.715. The summed E-state index contributed by atoms with van der Waals surface area (Å²) in [5.41, 5.74) is 1.60. The second kappa shape index (κ2) is 5.12. The van der Waals surface area contributed by atoms with Crippen LogP contribution in [0.5, 0.6) is 5.75 Å². The number of hydrogen-bond donors (Lipinski definition) is 0. The Morgan fingerprint density at radius 2 is 2.25 bits per heavy atom. The summed E-state index contributed by atoms with van der Waals surface area (Å²) in [5, 5.41) is 0. The first kappa shape index (κ1) is 11.1. The third-order valence-electron chi connectivity index (χ3n) is 2.97. The van der Waals surface area contributed by atoms with Gasteiger partial charge in [-0.15, -0.1) is 0 Å². The molecule has 0 saturated heterocycles. The summed E-state index contributed by atoms with van der Waals surface area (Å²) in [7, 11) is 1.63. The summed E-state index contributed by atoms with van der Waals surface area (Å²) in [4.78, 5) is 10.7. The van der Waals surface area contributed by atoms with E-state index in [0.29, 0.717) is 18.3 Å². The van der Waals surface area contributed by atoms with Crippen LogP contribution < -0.4 is 4.74 Å². The fourth-order valence-corrected chi connectivity index (χ4v) is 1.73.